The highest BCUT2D eigenvalue weighted by molar-refractivity contribution is 7.92. The highest BCUT2D eigenvalue weighted by atomic mass is 32.2. The summed E-state index contributed by atoms with van der Waals surface area (Å²) in [6, 6.07) is 9.84. The molecule has 23 heavy (non-hydrogen) atoms. The highest BCUT2D eigenvalue weighted by Gasteiger charge is 2.24. The molecule has 0 heterocycles. The molecule has 0 bridgehead atoms. The molecule has 0 aliphatic heterocycles. The Morgan fingerprint density at radius 2 is 1.61 bits per heavy atom. The molecule has 0 unspecified atom stereocenters. The van der Waals surface area contributed by atoms with Gasteiger partial charge in [0.2, 0.25) is 0 Å². The first kappa shape index (κ1) is 16.6. The zero-order valence-electron chi connectivity index (χ0n) is 12.3. The first-order valence-corrected chi connectivity index (χ1v) is 7.85. The van der Waals surface area contributed by atoms with Crippen LogP contribution < -0.4 is 14.2 Å². The lowest BCUT2D eigenvalue weighted by Crippen LogP contribution is -2.14. The number of nitro benzene ring substituents is 1. The maximum absolute atomic E-state index is 12.3. The van der Waals surface area contributed by atoms with Crippen LogP contribution in [0.3, 0.4) is 0 Å². The minimum Gasteiger partial charge on any atom is -0.493 e. The number of hydrogen-bond acceptors (Lipinski definition) is 6. The third kappa shape index (κ3) is 3.51. The molecule has 0 aliphatic carbocycles. The molecule has 0 aromatic heterocycles. The van der Waals surface area contributed by atoms with E-state index in [2.05, 4.69) is 4.72 Å². The average Bonchev–Trinajstić information content (AvgIpc) is 2.54. The Hall–Kier alpha value is -2.81. The van der Waals surface area contributed by atoms with Crippen molar-refractivity contribution in [2.45, 2.75) is 4.90 Å². The van der Waals surface area contributed by atoms with Crippen molar-refractivity contribution in [3.8, 4) is 11.5 Å². The number of rotatable bonds is 6. The van der Waals surface area contributed by atoms with Gasteiger partial charge in [0.25, 0.3) is 15.7 Å². The van der Waals surface area contributed by atoms with Crippen molar-refractivity contribution in [1.29, 1.82) is 0 Å². The van der Waals surface area contributed by atoms with Crippen LogP contribution in [0.2, 0.25) is 0 Å². The summed E-state index contributed by atoms with van der Waals surface area (Å²) in [7, 11) is -1.29. The molecule has 9 heteroatoms. The Morgan fingerprint density at radius 3 is 2.13 bits per heavy atom. The molecule has 0 saturated carbocycles. The molecule has 0 fully saturated rings. The van der Waals surface area contributed by atoms with Gasteiger partial charge in [-0.3, -0.25) is 14.8 Å². The Balaban J connectivity index is 2.52. The van der Waals surface area contributed by atoms with Gasteiger partial charge < -0.3 is 9.47 Å². The quantitative estimate of drug-likeness (QED) is 0.640. The number of sulfonamides is 1. The molecule has 0 radical (unpaired) electrons. The van der Waals surface area contributed by atoms with E-state index >= 15 is 0 Å². The molecule has 2 aromatic carbocycles. The zero-order chi connectivity index (χ0) is 17.0. The van der Waals surface area contributed by atoms with Gasteiger partial charge in [0, 0.05) is 6.07 Å². The summed E-state index contributed by atoms with van der Waals surface area (Å²) in [6.07, 6.45) is 0. The Kier molecular flexibility index (Phi) is 4.70. The lowest BCUT2D eigenvalue weighted by molar-refractivity contribution is -0.384. The van der Waals surface area contributed by atoms with Gasteiger partial charge in [-0.25, -0.2) is 8.42 Å². The number of nitro groups is 1. The smallest absolute Gasteiger partial charge is 0.297 e. The number of nitrogens with zero attached hydrogens (tertiary/aromatic N) is 1. The van der Waals surface area contributed by atoms with Crippen molar-refractivity contribution in [2.75, 3.05) is 18.9 Å². The van der Waals surface area contributed by atoms with Crippen LogP contribution >= 0.6 is 0 Å². The average molecular weight is 338 g/mol. The van der Waals surface area contributed by atoms with Gasteiger partial charge in [0.1, 0.15) is 5.69 Å². The summed E-state index contributed by atoms with van der Waals surface area (Å²) in [5.41, 5.74) is -0.654. The second-order valence-electron chi connectivity index (χ2n) is 4.40. The van der Waals surface area contributed by atoms with Crippen molar-refractivity contribution >= 4 is 21.4 Å². The van der Waals surface area contributed by atoms with Crippen molar-refractivity contribution in [2.24, 2.45) is 0 Å². The Morgan fingerprint density at radius 1 is 1.04 bits per heavy atom. The van der Waals surface area contributed by atoms with E-state index in [1.807, 2.05) is 0 Å². The van der Waals surface area contributed by atoms with Gasteiger partial charge in [-0.15, -0.1) is 0 Å². The van der Waals surface area contributed by atoms with Crippen LogP contribution in [0, 0.1) is 10.1 Å². The van der Waals surface area contributed by atoms with Gasteiger partial charge in [-0.1, -0.05) is 18.2 Å². The van der Waals surface area contributed by atoms with Crippen LogP contribution in [0.15, 0.2) is 47.4 Å². The number of hydrogen-bond donors (Lipinski definition) is 1. The summed E-state index contributed by atoms with van der Waals surface area (Å²) in [4.78, 5) is 10.5. The van der Waals surface area contributed by atoms with E-state index in [0.717, 1.165) is 6.07 Å². The van der Waals surface area contributed by atoms with Crippen molar-refractivity contribution in [1.82, 2.24) is 0 Å². The topological polar surface area (TPSA) is 108 Å². The standard InChI is InChI=1S/C14H14N2O6S/c1-21-13-8-11(12(16(17)18)9-14(13)22-2)15-23(19,20)10-6-4-3-5-7-10/h3-9,15H,1-2H3. The number of nitrogens with one attached hydrogen (secondary N) is 1. The van der Waals surface area contributed by atoms with Gasteiger partial charge in [-0.05, 0) is 12.1 Å². The summed E-state index contributed by atoms with van der Waals surface area (Å²) < 4.78 is 36.9. The van der Waals surface area contributed by atoms with E-state index in [-0.39, 0.29) is 22.1 Å². The summed E-state index contributed by atoms with van der Waals surface area (Å²) in [5, 5.41) is 11.2. The molecule has 0 amide bonds. The first-order valence-electron chi connectivity index (χ1n) is 6.37. The molecule has 1 N–H and O–H groups in total. The minimum absolute atomic E-state index is 0.0101. The number of anilines is 1. The Labute approximate surface area is 132 Å². The molecule has 0 spiro atoms. The van der Waals surface area contributed by atoms with Crippen LogP contribution in [0.25, 0.3) is 0 Å². The fourth-order valence-corrected chi connectivity index (χ4v) is 2.99. The van der Waals surface area contributed by atoms with Crippen LogP contribution in [0.5, 0.6) is 11.5 Å². The molecule has 2 aromatic rings. The van der Waals surface area contributed by atoms with E-state index in [1.165, 1.54) is 32.4 Å². The second kappa shape index (κ2) is 6.53. The second-order valence-corrected chi connectivity index (χ2v) is 6.08. The van der Waals surface area contributed by atoms with E-state index in [9.17, 15) is 18.5 Å². The van der Waals surface area contributed by atoms with Gasteiger partial charge >= 0.3 is 0 Å². The summed E-state index contributed by atoms with van der Waals surface area (Å²) >= 11 is 0. The van der Waals surface area contributed by atoms with Crippen molar-refractivity contribution in [3.63, 3.8) is 0 Å². The zero-order valence-corrected chi connectivity index (χ0v) is 13.2. The maximum Gasteiger partial charge on any atom is 0.297 e. The molecule has 8 nitrogen and oxygen atoms in total. The highest BCUT2D eigenvalue weighted by Crippen LogP contribution is 2.38. The normalized spacial score (nSPS) is 10.9. The Bertz CT molecular complexity index is 821. The first-order chi connectivity index (χ1) is 10.9. The largest absolute Gasteiger partial charge is 0.493 e. The predicted molar refractivity (Wildman–Crippen MR) is 83.5 cm³/mol. The number of ether oxygens (including phenoxy) is 2. The summed E-state index contributed by atoms with van der Waals surface area (Å²) in [5.74, 6) is 0.297. The van der Waals surface area contributed by atoms with Crippen LogP contribution in [0.4, 0.5) is 11.4 Å². The molecule has 122 valence electrons. The molecular weight excluding hydrogens is 324 g/mol. The van der Waals surface area contributed by atoms with Gasteiger partial charge in [-0.2, -0.15) is 0 Å². The van der Waals surface area contributed by atoms with E-state index in [0.29, 0.717) is 0 Å². The maximum atomic E-state index is 12.3. The van der Waals surface area contributed by atoms with E-state index in [4.69, 9.17) is 9.47 Å². The summed E-state index contributed by atoms with van der Waals surface area (Å²) in [6.45, 7) is 0. The lowest BCUT2D eigenvalue weighted by Gasteiger charge is -2.12. The van der Waals surface area contributed by atoms with Crippen molar-refractivity contribution in [3.05, 3.63) is 52.6 Å². The van der Waals surface area contributed by atoms with Gasteiger partial charge in [0.15, 0.2) is 11.5 Å². The fraction of sp³-hybridized carbons (Fsp3) is 0.143. The van der Waals surface area contributed by atoms with Crippen LogP contribution in [0.1, 0.15) is 0 Å². The molecular formula is C14H14N2O6S. The van der Waals surface area contributed by atoms with Crippen LogP contribution in [-0.4, -0.2) is 27.6 Å². The third-order valence-electron chi connectivity index (χ3n) is 3.00. The van der Waals surface area contributed by atoms with Crippen LogP contribution in [-0.2, 0) is 10.0 Å². The molecule has 2 rings (SSSR count). The third-order valence-corrected chi connectivity index (χ3v) is 4.38. The monoisotopic (exact) mass is 338 g/mol. The van der Waals surface area contributed by atoms with Gasteiger partial charge in [0.05, 0.1) is 30.1 Å². The number of benzene rings is 2. The predicted octanol–water partition coefficient (Wildman–Crippen LogP) is 2.41. The van der Waals surface area contributed by atoms with E-state index < -0.39 is 20.6 Å². The molecule has 0 aliphatic rings. The minimum atomic E-state index is -3.96. The fourth-order valence-electron chi connectivity index (χ4n) is 1.90. The van der Waals surface area contributed by atoms with Crippen molar-refractivity contribution < 1.29 is 22.8 Å². The lowest BCUT2D eigenvalue weighted by atomic mass is 10.2. The molecule has 0 saturated heterocycles. The SMILES string of the molecule is COc1cc(NS(=O)(=O)c2ccccc2)c([N+](=O)[O-])cc1OC. The van der Waals surface area contributed by atoms with E-state index in [1.54, 1.807) is 18.2 Å². The molecule has 0 atom stereocenters. The number of methoxy groups -OCH3 is 2.